The smallest absolute Gasteiger partial charge is 0.119 e. The van der Waals surface area contributed by atoms with Crippen molar-refractivity contribution in [3.8, 4) is 5.75 Å². The molecule has 20 heavy (non-hydrogen) atoms. The zero-order valence-electron chi connectivity index (χ0n) is 11.5. The molecule has 0 atom stereocenters. The van der Waals surface area contributed by atoms with Crippen LogP contribution < -0.4 is 4.74 Å². The minimum absolute atomic E-state index is 0. The number of aryl methyl sites for hydroxylation is 1. The summed E-state index contributed by atoms with van der Waals surface area (Å²) in [4.78, 5) is 4.17. The van der Waals surface area contributed by atoms with Crippen molar-refractivity contribution in [2.24, 2.45) is 0 Å². The van der Waals surface area contributed by atoms with Crippen LogP contribution in [0, 0.1) is 0 Å². The minimum atomic E-state index is 0. The van der Waals surface area contributed by atoms with Crippen molar-refractivity contribution in [3.63, 3.8) is 0 Å². The average molecular weight is 288 g/mol. The van der Waals surface area contributed by atoms with Crippen LogP contribution >= 0.6 is 12.4 Å². The number of allylic oxidation sites excluding steroid dienone is 1. The van der Waals surface area contributed by atoms with E-state index in [1.807, 2.05) is 24.5 Å². The lowest BCUT2D eigenvalue weighted by Gasteiger charge is -2.20. The van der Waals surface area contributed by atoms with Crippen LogP contribution in [-0.4, -0.2) is 12.1 Å². The van der Waals surface area contributed by atoms with Crippen LogP contribution in [0.25, 0.3) is 11.6 Å². The number of hydrogen-bond acceptors (Lipinski definition) is 2. The summed E-state index contributed by atoms with van der Waals surface area (Å²) in [5.41, 5.74) is 5.31. The summed E-state index contributed by atoms with van der Waals surface area (Å²) >= 11 is 0. The largest absolute Gasteiger partial charge is 0.497 e. The first-order valence-electron chi connectivity index (χ1n) is 6.65. The van der Waals surface area contributed by atoms with Crippen LogP contribution in [-0.2, 0) is 6.42 Å². The van der Waals surface area contributed by atoms with Gasteiger partial charge in [-0.15, -0.1) is 12.4 Å². The molecule has 0 aliphatic heterocycles. The number of fused-ring (bicyclic) bond motifs is 1. The van der Waals surface area contributed by atoms with Crippen LogP contribution in [0.15, 0.2) is 42.7 Å². The SMILES string of the molecule is COc1ccc2c(c1)CCC/C2=C/c1cccnc1.Cl. The molecule has 0 spiro atoms. The molecule has 2 aromatic rings. The van der Waals surface area contributed by atoms with Gasteiger partial charge in [-0.05, 0) is 65.8 Å². The Hall–Kier alpha value is -1.80. The van der Waals surface area contributed by atoms with E-state index in [-0.39, 0.29) is 12.4 Å². The van der Waals surface area contributed by atoms with Crippen molar-refractivity contribution in [2.45, 2.75) is 19.3 Å². The van der Waals surface area contributed by atoms with Gasteiger partial charge < -0.3 is 4.74 Å². The Kier molecular flexibility index (Phi) is 4.80. The van der Waals surface area contributed by atoms with Crippen LogP contribution in [0.3, 0.4) is 0 Å². The summed E-state index contributed by atoms with van der Waals surface area (Å²) in [6, 6.07) is 10.4. The highest BCUT2D eigenvalue weighted by Gasteiger charge is 2.14. The highest BCUT2D eigenvalue weighted by Crippen LogP contribution is 2.34. The van der Waals surface area contributed by atoms with E-state index in [4.69, 9.17) is 4.74 Å². The first-order valence-corrected chi connectivity index (χ1v) is 6.65. The number of rotatable bonds is 2. The van der Waals surface area contributed by atoms with Crippen LogP contribution in [0.5, 0.6) is 5.75 Å². The topological polar surface area (TPSA) is 22.1 Å². The second-order valence-corrected chi connectivity index (χ2v) is 4.83. The fourth-order valence-corrected chi connectivity index (χ4v) is 2.63. The monoisotopic (exact) mass is 287 g/mol. The van der Waals surface area contributed by atoms with E-state index in [1.54, 1.807) is 7.11 Å². The highest BCUT2D eigenvalue weighted by molar-refractivity contribution is 5.85. The van der Waals surface area contributed by atoms with Crippen LogP contribution in [0.4, 0.5) is 0 Å². The number of pyridine rings is 1. The molecule has 0 unspecified atom stereocenters. The molecule has 0 saturated heterocycles. The second-order valence-electron chi connectivity index (χ2n) is 4.83. The maximum atomic E-state index is 5.30. The Morgan fingerprint density at radius 2 is 2.10 bits per heavy atom. The van der Waals surface area contributed by atoms with Crippen LogP contribution in [0.2, 0.25) is 0 Å². The van der Waals surface area contributed by atoms with E-state index in [0.717, 1.165) is 18.6 Å². The molecule has 3 heteroatoms. The number of hydrogen-bond donors (Lipinski definition) is 0. The van der Waals surface area contributed by atoms with Crippen LogP contribution in [0.1, 0.15) is 29.5 Å². The normalized spacial score (nSPS) is 15.3. The Morgan fingerprint density at radius 1 is 1.20 bits per heavy atom. The maximum absolute atomic E-state index is 5.30. The summed E-state index contributed by atoms with van der Waals surface area (Å²) in [5.74, 6) is 0.946. The maximum Gasteiger partial charge on any atom is 0.119 e. The van der Waals surface area contributed by atoms with E-state index in [0.29, 0.717) is 0 Å². The lowest BCUT2D eigenvalue weighted by Crippen LogP contribution is -2.02. The van der Waals surface area contributed by atoms with Gasteiger partial charge in [0.05, 0.1) is 7.11 Å². The van der Waals surface area contributed by atoms with Crippen molar-refractivity contribution in [1.82, 2.24) is 4.98 Å². The fraction of sp³-hybridized carbons (Fsp3) is 0.235. The van der Waals surface area contributed by atoms with Crippen molar-refractivity contribution in [1.29, 1.82) is 0 Å². The molecule has 1 heterocycles. The summed E-state index contributed by atoms with van der Waals surface area (Å²) in [7, 11) is 1.72. The van der Waals surface area contributed by atoms with Gasteiger partial charge in [0, 0.05) is 12.4 Å². The van der Waals surface area contributed by atoms with Gasteiger partial charge in [-0.25, -0.2) is 0 Å². The van der Waals surface area contributed by atoms with Gasteiger partial charge in [-0.3, -0.25) is 4.98 Å². The van der Waals surface area contributed by atoms with E-state index in [2.05, 4.69) is 29.3 Å². The minimum Gasteiger partial charge on any atom is -0.497 e. The van der Waals surface area contributed by atoms with Crippen molar-refractivity contribution in [2.75, 3.05) is 7.11 Å². The molecule has 0 fully saturated rings. The number of ether oxygens (including phenoxy) is 1. The Balaban J connectivity index is 0.00000147. The van der Waals surface area contributed by atoms with Gasteiger partial charge in [0.25, 0.3) is 0 Å². The van der Waals surface area contributed by atoms with Gasteiger partial charge in [0.15, 0.2) is 0 Å². The Labute approximate surface area is 125 Å². The van der Waals surface area contributed by atoms with Gasteiger partial charge in [0.2, 0.25) is 0 Å². The van der Waals surface area contributed by atoms with Gasteiger partial charge in [-0.1, -0.05) is 12.1 Å². The standard InChI is InChI=1S/C17H17NO.ClH/c1-19-16-7-8-17-14(5-2-6-15(17)11-16)10-13-4-3-9-18-12-13;/h3-4,7-12H,2,5-6H2,1H3;1H/b14-10-;. The molecule has 3 rings (SSSR count). The Bertz CT molecular complexity index is 608. The van der Waals surface area contributed by atoms with E-state index >= 15 is 0 Å². The number of benzene rings is 1. The van der Waals surface area contributed by atoms with Gasteiger partial charge in [-0.2, -0.15) is 0 Å². The molecular weight excluding hydrogens is 270 g/mol. The molecule has 0 saturated carbocycles. The third kappa shape index (κ3) is 3.02. The lowest BCUT2D eigenvalue weighted by molar-refractivity contribution is 0.414. The Morgan fingerprint density at radius 3 is 2.85 bits per heavy atom. The van der Waals surface area contributed by atoms with E-state index in [1.165, 1.54) is 28.7 Å². The molecule has 0 amide bonds. The van der Waals surface area contributed by atoms with E-state index < -0.39 is 0 Å². The van der Waals surface area contributed by atoms with Crippen molar-refractivity contribution < 1.29 is 4.74 Å². The third-order valence-corrected chi connectivity index (χ3v) is 3.58. The number of aromatic nitrogens is 1. The third-order valence-electron chi connectivity index (χ3n) is 3.58. The quantitative estimate of drug-likeness (QED) is 0.817. The fourth-order valence-electron chi connectivity index (χ4n) is 2.63. The molecule has 2 nitrogen and oxygen atoms in total. The molecule has 1 aromatic heterocycles. The van der Waals surface area contributed by atoms with Crippen molar-refractivity contribution >= 4 is 24.1 Å². The first kappa shape index (κ1) is 14.6. The number of halogens is 1. The molecule has 1 aliphatic carbocycles. The molecule has 104 valence electrons. The number of methoxy groups -OCH3 is 1. The van der Waals surface area contributed by atoms with Gasteiger partial charge in [0.1, 0.15) is 5.75 Å². The first-order chi connectivity index (χ1) is 9.36. The average Bonchev–Trinajstić information content (AvgIpc) is 2.48. The predicted octanol–water partition coefficient (Wildman–Crippen LogP) is 4.39. The molecule has 0 radical (unpaired) electrons. The number of nitrogens with zero attached hydrogens (tertiary/aromatic N) is 1. The molecule has 1 aliphatic rings. The molecule has 0 N–H and O–H groups in total. The summed E-state index contributed by atoms with van der Waals surface area (Å²) < 4.78 is 5.30. The lowest BCUT2D eigenvalue weighted by atomic mass is 9.86. The summed E-state index contributed by atoms with van der Waals surface area (Å²) in [5, 5.41) is 0. The molecule has 0 bridgehead atoms. The second kappa shape index (κ2) is 6.58. The zero-order chi connectivity index (χ0) is 13.1. The van der Waals surface area contributed by atoms with Crippen molar-refractivity contribution in [3.05, 3.63) is 59.4 Å². The zero-order valence-corrected chi connectivity index (χ0v) is 12.3. The molecule has 1 aromatic carbocycles. The van der Waals surface area contributed by atoms with E-state index in [9.17, 15) is 0 Å². The summed E-state index contributed by atoms with van der Waals surface area (Å²) in [6.07, 6.45) is 9.43. The predicted molar refractivity (Wildman–Crippen MR) is 85.3 cm³/mol. The highest BCUT2D eigenvalue weighted by atomic mass is 35.5. The molecular formula is C17H18ClNO. The summed E-state index contributed by atoms with van der Waals surface area (Å²) in [6.45, 7) is 0. The van der Waals surface area contributed by atoms with Gasteiger partial charge >= 0.3 is 0 Å².